The first-order valence-electron chi connectivity index (χ1n) is 11.7. The van der Waals surface area contributed by atoms with Crippen LogP contribution < -0.4 is 4.57 Å². The SMILES string of the molecule is [2H]C([2H])([2H])C([2H])(c1c(C#N)ccc2c1oc1c(-c3cccc[n+]3C)c(C)ccc12)C([2H])([2H])[2H]. The maximum Gasteiger partial charge on any atom is 0.216 e. The zero-order valence-electron chi connectivity index (χ0n) is 21.4. The predicted octanol–water partition coefficient (Wildman–Crippen LogP) is 5.38. The molecule has 2 aromatic carbocycles. The van der Waals surface area contributed by atoms with E-state index in [9.17, 15) is 5.26 Å². The van der Waals surface area contributed by atoms with Crippen molar-refractivity contribution in [3.8, 4) is 17.3 Å². The fourth-order valence-electron chi connectivity index (χ4n) is 3.44. The summed E-state index contributed by atoms with van der Waals surface area (Å²) >= 11 is 0. The lowest BCUT2D eigenvalue weighted by Gasteiger charge is -2.07. The lowest BCUT2D eigenvalue weighted by Crippen LogP contribution is -2.30. The van der Waals surface area contributed by atoms with Gasteiger partial charge in [0.2, 0.25) is 5.69 Å². The average Bonchev–Trinajstić information content (AvgIpc) is 3.10. The van der Waals surface area contributed by atoms with Crippen LogP contribution in [0.4, 0.5) is 0 Å². The second-order valence-corrected chi connectivity index (χ2v) is 6.28. The lowest BCUT2D eigenvalue weighted by molar-refractivity contribution is -0.660. The minimum atomic E-state index is -3.25. The molecule has 0 radical (unpaired) electrons. The van der Waals surface area contributed by atoms with E-state index < -0.39 is 25.2 Å². The summed E-state index contributed by atoms with van der Waals surface area (Å²) < 4.78 is 64.4. The van der Waals surface area contributed by atoms with Crippen molar-refractivity contribution in [3.63, 3.8) is 0 Å². The van der Waals surface area contributed by atoms with Crippen molar-refractivity contribution in [3.05, 3.63) is 65.4 Å². The summed E-state index contributed by atoms with van der Waals surface area (Å²) in [6.07, 6.45) is 1.88. The van der Waals surface area contributed by atoms with Gasteiger partial charge in [-0.3, -0.25) is 0 Å². The van der Waals surface area contributed by atoms with Crippen LogP contribution in [-0.2, 0) is 7.05 Å². The van der Waals surface area contributed by atoms with Crippen molar-refractivity contribution in [1.29, 1.82) is 5.26 Å². The summed E-state index contributed by atoms with van der Waals surface area (Å²) in [6, 6.07) is 14.2. The molecule has 0 bridgehead atoms. The van der Waals surface area contributed by atoms with E-state index in [1.54, 1.807) is 6.07 Å². The molecule has 4 aromatic rings. The Hall–Kier alpha value is -3.12. The van der Waals surface area contributed by atoms with Crippen LogP contribution in [0.3, 0.4) is 0 Å². The number of nitriles is 1. The third-order valence-corrected chi connectivity index (χ3v) is 4.70. The fraction of sp³-hybridized carbons (Fsp3) is 0.217. The van der Waals surface area contributed by atoms with Gasteiger partial charge in [0.1, 0.15) is 18.2 Å². The Morgan fingerprint density at radius 2 is 1.88 bits per heavy atom. The number of hydrogen-bond donors (Lipinski definition) is 0. The zero-order chi connectivity index (χ0) is 24.3. The standard InChI is InChI=1S/C23H21N2O/c1-14(2)20-16(13-24)9-11-18-17-10-8-15(3)21(23(17)26-22(18)20)19-7-5-6-12-25(19)4/h5-12,14H,1-4H3/q+1/i1D3,2D3,14D. The summed E-state index contributed by atoms with van der Waals surface area (Å²) in [5.74, 6) is -3.06. The molecule has 0 aliphatic carbocycles. The molecule has 128 valence electrons. The largest absolute Gasteiger partial charge is 0.455 e. The summed E-state index contributed by atoms with van der Waals surface area (Å²) in [7, 11) is 1.88. The molecule has 0 aliphatic heterocycles. The van der Waals surface area contributed by atoms with E-state index in [0.29, 0.717) is 16.4 Å². The summed E-state index contributed by atoms with van der Waals surface area (Å²) in [6.45, 7) is -4.58. The van der Waals surface area contributed by atoms with Crippen LogP contribution in [-0.4, -0.2) is 0 Å². The van der Waals surface area contributed by atoms with Crippen LogP contribution in [0.2, 0.25) is 0 Å². The molecule has 3 heteroatoms. The molecule has 0 fully saturated rings. The van der Waals surface area contributed by atoms with E-state index in [1.165, 1.54) is 6.07 Å². The molecule has 2 aromatic heterocycles. The van der Waals surface area contributed by atoms with Crippen molar-refractivity contribution in [1.82, 2.24) is 0 Å². The molecule has 0 aliphatic rings. The van der Waals surface area contributed by atoms with Gasteiger partial charge in [-0.2, -0.15) is 5.26 Å². The third-order valence-electron chi connectivity index (χ3n) is 4.70. The van der Waals surface area contributed by atoms with Gasteiger partial charge < -0.3 is 4.42 Å². The smallest absolute Gasteiger partial charge is 0.216 e. The lowest BCUT2D eigenvalue weighted by atomic mass is 9.94. The first-order valence-corrected chi connectivity index (χ1v) is 8.17. The summed E-state index contributed by atoms with van der Waals surface area (Å²) in [5.41, 5.74) is 2.19. The molecule has 0 amide bonds. The molecule has 3 nitrogen and oxygen atoms in total. The highest BCUT2D eigenvalue weighted by Crippen LogP contribution is 2.40. The number of aromatic nitrogens is 1. The number of nitrogens with zero attached hydrogens (tertiary/aromatic N) is 2. The fourth-order valence-corrected chi connectivity index (χ4v) is 3.44. The van der Waals surface area contributed by atoms with E-state index in [4.69, 9.17) is 14.0 Å². The third kappa shape index (κ3) is 2.30. The second kappa shape index (κ2) is 6.00. The molecule has 4 rings (SSSR count). The molecular weight excluding hydrogens is 320 g/mol. The Morgan fingerprint density at radius 3 is 2.62 bits per heavy atom. The van der Waals surface area contributed by atoms with E-state index in [-0.39, 0.29) is 11.1 Å². The number of benzene rings is 2. The Labute approximate surface area is 162 Å². The Morgan fingerprint density at radius 1 is 1.12 bits per heavy atom. The van der Waals surface area contributed by atoms with Gasteiger partial charge in [-0.15, -0.1) is 0 Å². The number of aryl methyl sites for hydroxylation is 2. The normalized spacial score (nSPS) is 16.7. The first kappa shape index (κ1) is 10.1. The number of pyridine rings is 1. The van der Waals surface area contributed by atoms with Gasteiger partial charge >= 0.3 is 0 Å². The Kier molecular flexibility index (Phi) is 2.34. The van der Waals surface area contributed by atoms with Crippen LogP contribution in [0.5, 0.6) is 0 Å². The van der Waals surface area contributed by atoms with Crippen LogP contribution in [0, 0.1) is 18.3 Å². The molecular formula is C23H21N2O+. The Bertz CT molecular complexity index is 1430. The van der Waals surface area contributed by atoms with E-state index in [2.05, 4.69) is 0 Å². The topological polar surface area (TPSA) is 40.8 Å². The highest BCUT2D eigenvalue weighted by Gasteiger charge is 2.22. The second-order valence-electron chi connectivity index (χ2n) is 6.28. The summed E-state index contributed by atoms with van der Waals surface area (Å²) in [4.78, 5) is 0. The van der Waals surface area contributed by atoms with Crippen molar-refractivity contribution >= 4 is 21.9 Å². The van der Waals surface area contributed by atoms with E-state index >= 15 is 0 Å². The van der Waals surface area contributed by atoms with E-state index in [0.717, 1.165) is 16.8 Å². The van der Waals surface area contributed by atoms with Crippen molar-refractivity contribution in [2.45, 2.75) is 26.5 Å². The highest BCUT2D eigenvalue weighted by atomic mass is 16.3. The van der Waals surface area contributed by atoms with Crippen molar-refractivity contribution in [2.24, 2.45) is 7.05 Å². The number of hydrogen-bond acceptors (Lipinski definition) is 2. The monoisotopic (exact) mass is 348 g/mol. The maximum atomic E-state index is 9.71. The maximum absolute atomic E-state index is 9.71. The van der Waals surface area contributed by atoms with Gasteiger partial charge in [-0.25, -0.2) is 4.57 Å². The molecule has 0 saturated carbocycles. The molecule has 0 unspecified atom stereocenters. The molecule has 0 spiro atoms. The molecule has 2 heterocycles. The minimum absolute atomic E-state index is 0.0725. The minimum Gasteiger partial charge on any atom is -0.455 e. The molecule has 26 heavy (non-hydrogen) atoms. The summed E-state index contributed by atoms with van der Waals surface area (Å²) in [5, 5.41) is 10.8. The van der Waals surface area contributed by atoms with Gasteiger partial charge in [-0.1, -0.05) is 25.8 Å². The van der Waals surface area contributed by atoms with Crippen LogP contribution in [0.15, 0.2) is 53.1 Å². The van der Waals surface area contributed by atoms with E-state index in [1.807, 2.05) is 61.1 Å². The van der Waals surface area contributed by atoms with Gasteiger partial charge in [0.15, 0.2) is 6.20 Å². The van der Waals surface area contributed by atoms with Crippen LogP contribution in [0.1, 0.15) is 45.9 Å². The van der Waals surface area contributed by atoms with Gasteiger partial charge in [-0.05, 0) is 36.6 Å². The average molecular weight is 348 g/mol. The van der Waals surface area contributed by atoms with Crippen molar-refractivity contribution < 1.29 is 18.6 Å². The number of furan rings is 1. The number of fused-ring (bicyclic) bond motifs is 3. The molecule has 0 saturated heterocycles. The Balaban J connectivity index is 2.22. The number of rotatable bonds is 2. The molecule has 0 N–H and O–H groups in total. The van der Waals surface area contributed by atoms with Gasteiger partial charge in [0.05, 0.1) is 17.2 Å². The van der Waals surface area contributed by atoms with Gasteiger partial charge in [0, 0.05) is 38.1 Å². The van der Waals surface area contributed by atoms with Crippen molar-refractivity contribution in [2.75, 3.05) is 0 Å². The molecule has 0 atom stereocenters. The van der Waals surface area contributed by atoms with Gasteiger partial charge in [0.25, 0.3) is 0 Å². The van der Waals surface area contributed by atoms with Crippen LogP contribution in [0.25, 0.3) is 33.2 Å². The quantitative estimate of drug-likeness (QED) is 0.456. The van der Waals surface area contributed by atoms with Crippen LogP contribution >= 0.6 is 0 Å². The zero-order valence-corrected chi connectivity index (χ0v) is 14.4. The first-order chi connectivity index (χ1) is 15.3. The highest BCUT2D eigenvalue weighted by molar-refractivity contribution is 6.10. The predicted molar refractivity (Wildman–Crippen MR) is 104 cm³/mol.